The molecule has 1 rings (SSSR count). The van der Waals surface area contributed by atoms with Crippen LogP contribution in [0.1, 0.15) is 61.8 Å². The van der Waals surface area contributed by atoms with Gasteiger partial charge in [0.05, 0.1) is 0 Å². The predicted molar refractivity (Wildman–Crippen MR) is 93.6 cm³/mol. The van der Waals surface area contributed by atoms with Crippen molar-refractivity contribution in [2.24, 2.45) is 0 Å². The molecular weight excluding hydrogens is 228 g/mol. The van der Waals surface area contributed by atoms with Gasteiger partial charge in [-0.15, -0.1) is 0 Å². The summed E-state index contributed by atoms with van der Waals surface area (Å²) in [6.45, 7) is 20.0. The van der Waals surface area contributed by atoms with Crippen LogP contribution in [0.2, 0.25) is 0 Å². The van der Waals surface area contributed by atoms with Gasteiger partial charge in [-0.2, -0.15) is 0 Å². The van der Waals surface area contributed by atoms with Crippen molar-refractivity contribution in [3.8, 4) is 0 Å². The molecule has 0 aromatic rings. The Labute approximate surface area is 122 Å². The van der Waals surface area contributed by atoms with E-state index in [1.54, 1.807) is 0 Å². The molecule has 0 nitrogen and oxygen atoms in total. The molecule has 0 N–H and O–H groups in total. The lowest BCUT2D eigenvalue weighted by atomic mass is 9.93. The first-order valence-corrected chi connectivity index (χ1v) is 7.61. The smallest absolute Gasteiger partial charge is 0.00882 e. The molecule has 0 aromatic heterocycles. The second-order valence-electron chi connectivity index (χ2n) is 3.12. The molecule has 0 aliphatic heterocycles. The number of hydrogen-bond donors (Lipinski definition) is 0. The van der Waals surface area contributed by atoms with Gasteiger partial charge < -0.3 is 0 Å². The summed E-state index contributed by atoms with van der Waals surface area (Å²) in [6, 6.07) is 0. The van der Waals surface area contributed by atoms with Crippen LogP contribution in [-0.2, 0) is 0 Å². The minimum atomic E-state index is 1.02. The third-order valence-electron chi connectivity index (χ3n) is 2.17. The zero-order chi connectivity index (χ0) is 15.7. The van der Waals surface area contributed by atoms with Crippen molar-refractivity contribution >= 4 is 0 Å². The summed E-state index contributed by atoms with van der Waals surface area (Å²) in [6.07, 6.45) is 13.6. The van der Waals surface area contributed by atoms with Crippen molar-refractivity contribution in [3.05, 3.63) is 59.8 Å². The van der Waals surface area contributed by atoms with Crippen molar-refractivity contribution in [3.63, 3.8) is 0 Å². The van der Waals surface area contributed by atoms with E-state index in [1.807, 2.05) is 60.6 Å². The zero-order valence-electron chi connectivity index (χ0n) is 14.4. The molecule has 1 aliphatic rings. The van der Waals surface area contributed by atoms with Crippen LogP contribution in [-0.4, -0.2) is 0 Å². The fraction of sp³-hybridized carbons (Fsp3) is 0.474. The highest BCUT2D eigenvalue weighted by molar-refractivity contribution is 5.50. The van der Waals surface area contributed by atoms with Crippen LogP contribution in [0.4, 0.5) is 0 Å². The van der Waals surface area contributed by atoms with Gasteiger partial charge in [-0.3, -0.25) is 0 Å². The molecule has 0 spiro atoms. The molecule has 19 heavy (non-hydrogen) atoms. The van der Waals surface area contributed by atoms with E-state index in [1.165, 1.54) is 16.7 Å². The van der Waals surface area contributed by atoms with Crippen molar-refractivity contribution in [1.29, 1.82) is 0 Å². The van der Waals surface area contributed by atoms with E-state index in [-0.39, 0.29) is 0 Å². The van der Waals surface area contributed by atoms with Crippen molar-refractivity contribution in [1.82, 2.24) is 0 Å². The van der Waals surface area contributed by atoms with E-state index >= 15 is 0 Å². The Balaban J connectivity index is -0.000000375. The predicted octanol–water partition coefficient (Wildman–Crippen LogP) is 7.03. The lowest BCUT2D eigenvalue weighted by Crippen LogP contribution is -1.93. The maximum absolute atomic E-state index is 3.84. The molecule has 0 heterocycles. The van der Waals surface area contributed by atoms with Crippen LogP contribution in [0.3, 0.4) is 0 Å². The molecule has 0 saturated heterocycles. The molecule has 0 amide bonds. The summed E-state index contributed by atoms with van der Waals surface area (Å²) in [5.74, 6) is 0. The number of allylic oxidation sites excluding steroid dienone is 9. The van der Waals surface area contributed by atoms with E-state index in [9.17, 15) is 0 Å². The van der Waals surface area contributed by atoms with Crippen LogP contribution in [0.25, 0.3) is 0 Å². The molecule has 0 unspecified atom stereocenters. The van der Waals surface area contributed by atoms with Crippen molar-refractivity contribution in [2.75, 3.05) is 0 Å². The van der Waals surface area contributed by atoms with Gasteiger partial charge in [0.2, 0.25) is 0 Å². The van der Waals surface area contributed by atoms with Crippen LogP contribution >= 0.6 is 0 Å². The molecule has 110 valence electrons. The van der Waals surface area contributed by atoms with E-state index in [0.717, 1.165) is 6.42 Å². The number of rotatable bonds is 2. The fourth-order valence-electron chi connectivity index (χ4n) is 1.48. The highest BCUT2D eigenvalue weighted by atomic mass is 14.1. The Kier molecular flexibility index (Phi) is 22.9. The van der Waals surface area contributed by atoms with Crippen LogP contribution in [0.5, 0.6) is 0 Å². The van der Waals surface area contributed by atoms with Gasteiger partial charge in [-0.1, -0.05) is 84.6 Å². The molecule has 0 atom stereocenters. The molecule has 0 saturated carbocycles. The molecule has 0 heteroatoms. The Bertz CT molecular complexity index is 309. The van der Waals surface area contributed by atoms with Crippen LogP contribution in [0, 0.1) is 0 Å². The van der Waals surface area contributed by atoms with Gasteiger partial charge in [0.1, 0.15) is 0 Å². The zero-order valence-corrected chi connectivity index (χ0v) is 14.4. The second-order valence-corrected chi connectivity index (χ2v) is 3.12. The van der Waals surface area contributed by atoms with Gasteiger partial charge in [0.15, 0.2) is 0 Å². The van der Waals surface area contributed by atoms with Gasteiger partial charge in [-0.05, 0) is 37.0 Å². The first kappa shape index (κ1) is 22.8. The summed E-state index contributed by atoms with van der Waals surface area (Å²) >= 11 is 0. The van der Waals surface area contributed by atoms with E-state index in [4.69, 9.17) is 0 Å². The molecule has 0 radical (unpaired) electrons. The second kappa shape index (κ2) is 19.0. The molecule has 1 aliphatic carbocycles. The first-order valence-electron chi connectivity index (χ1n) is 7.61. The maximum atomic E-state index is 3.84. The Morgan fingerprint density at radius 2 is 1.58 bits per heavy atom. The van der Waals surface area contributed by atoms with E-state index < -0.39 is 0 Å². The van der Waals surface area contributed by atoms with Gasteiger partial charge in [0.25, 0.3) is 0 Å². The first-order chi connectivity index (χ1) is 9.29. The topological polar surface area (TPSA) is 0 Å². The largest absolute Gasteiger partial charge is 0.0984 e. The minimum absolute atomic E-state index is 1.02. The molecule has 0 fully saturated rings. The third-order valence-corrected chi connectivity index (χ3v) is 2.17. The highest BCUT2D eigenvalue weighted by Crippen LogP contribution is 2.25. The normalized spacial score (nSPS) is 14.8. The summed E-state index contributed by atoms with van der Waals surface area (Å²) in [7, 11) is 0. The molecular formula is C19H34. The molecule has 0 bridgehead atoms. The standard InChI is InChI=1S/C13H16.3C2H6/c1-4-6-9-12-10-7-8-11(3)13(12)5-2;3*1-2/h4-9H,2,10H2,1,3H3;3*1-2H3/b6-4-,12-9+;;;. The number of hydrogen-bond acceptors (Lipinski definition) is 0. The summed E-state index contributed by atoms with van der Waals surface area (Å²) in [5, 5.41) is 0. The monoisotopic (exact) mass is 262 g/mol. The maximum Gasteiger partial charge on any atom is -0.00882 e. The molecule has 0 aromatic carbocycles. The Hall–Kier alpha value is -1.30. The fourth-order valence-corrected chi connectivity index (χ4v) is 1.48. The average Bonchev–Trinajstić information content (AvgIpc) is 2.51. The van der Waals surface area contributed by atoms with Crippen molar-refractivity contribution < 1.29 is 0 Å². The quantitative estimate of drug-likeness (QED) is 0.501. The lowest BCUT2D eigenvalue weighted by molar-refractivity contribution is 1.18. The van der Waals surface area contributed by atoms with E-state index in [0.29, 0.717) is 0 Å². The Morgan fingerprint density at radius 1 is 1.05 bits per heavy atom. The van der Waals surface area contributed by atoms with Crippen LogP contribution < -0.4 is 0 Å². The van der Waals surface area contributed by atoms with Crippen molar-refractivity contribution in [2.45, 2.75) is 61.8 Å². The van der Waals surface area contributed by atoms with Gasteiger partial charge >= 0.3 is 0 Å². The SMILES string of the molecule is C=CC1=C(C)C=CC/C1=C\C=C/C.CC.CC.CC. The average molecular weight is 262 g/mol. The van der Waals surface area contributed by atoms with E-state index in [2.05, 4.69) is 37.8 Å². The summed E-state index contributed by atoms with van der Waals surface area (Å²) in [5.41, 5.74) is 3.94. The summed E-state index contributed by atoms with van der Waals surface area (Å²) < 4.78 is 0. The summed E-state index contributed by atoms with van der Waals surface area (Å²) in [4.78, 5) is 0. The minimum Gasteiger partial charge on any atom is -0.0984 e. The lowest BCUT2D eigenvalue weighted by Gasteiger charge is -2.12. The van der Waals surface area contributed by atoms with Gasteiger partial charge in [0, 0.05) is 0 Å². The van der Waals surface area contributed by atoms with Crippen LogP contribution in [0.15, 0.2) is 59.8 Å². The Morgan fingerprint density at radius 3 is 2.00 bits per heavy atom. The highest BCUT2D eigenvalue weighted by Gasteiger charge is 2.05. The van der Waals surface area contributed by atoms with Gasteiger partial charge in [-0.25, -0.2) is 0 Å². The third kappa shape index (κ3) is 10.3.